The summed E-state index contributed by atoms with van der Waals surface area (Å²) < 4.78 is 0. The number of nitrogens with zero attached hydrogens (tertiary/aromatic N) is 1. The fraction of sp³-hybridized carbons (Fsp3) is 0.929. The minimum absolute atomic E-state index is 0.619. The molecule has 3 nitrogen and oxygen atoms in total. The average Bonchev–Trinajstić information content (AvgIpc) is 2.29. The largest absolute Gasteiger partial charge is 0.480 e. The third-order valence-corrected chi connectivity index (χ3v) is 3.72. The van der Waals surface area contributed by atoms with Crippen LogP contribution in [0.25, 0.3) is 0 Å². The van der Waals surface area contributed by atoms with E-state index in [0.29, 0.717) is 5.92 Å². The molecule has 102 valence electrons. The number of carbonyl (C=O) groups is 1. The van der Waals surface area contributed by atoms with Gasteiger partial charge in [-0.05, 0) is 32.7 Å². The van der Waals surface area contributed by atoms with Crippen molar-refractivity contribution in [1.29, 1.82) is 0 Å². The quantitative estimate of drug-likeness (QED) is 0.675. The van der Waals surface area contributed by atoms with Crippen LogP contribution in [0.5, 0.6) is 0 Å². The molecule has 0 radical (unpaired) electrons. The van der Waals surface area contributed by atoms with Crippen LogP contribution in [-0.4, -0.2) is 34.6 Å². The molecule has 0 aliphatic rings. The summed E-state index contributed by atoms with van der Waals surface area (Å²) in [5.74, 6) is -0.113. The van der Waals surface area contributed by atoms with Gasteiger partial charge in [-0.1, -0.05) is 40.0 Å². The summed E-state index contributed by atoms with van der Waals surface area (Å²) >= 11 is 0. The Labute approximate surface area is 106 Å². The van der Waals surface area contributed by atoms with Crippen molar-refractivity contribution in [2.45, 2.75) is 65.8 Å². The zero-order valence-electron chi connectivity index (χ0n) is 12.1. The highest BCUT2D eigenvalue weighted by Gasteiger charge is 2.34. The fourth-order valence-corrected chi connectivity index (χ4v) is 2.12. The van der Waals surface area contributed by atoms with E-state index in [-0.39, 0.29) is 0 Å². The van der Waals surface area contributed by atoms with Crippen LogP contribution in [0.15, 0.2) is 0 Å². The zero-order chi connectivity index (χ0) is 13.5. The minimum atomic E-state index is -0.756. The van der Waals surface area contributed by atoms with Crippen molar-refractivity contribution >= 4 is 5.97 Å². The van der Waals surface area contributed by atoms with Gasteiger partial charge in [0.05, 0.1) is 0 Å². The first kappa shape index (κ1) is 16.4. The van der Waals surface area contributed by atoms with Crippen LogP contribution in [0.3, 0.4) is 0 Å². The predicted molar refractivity (Wildman–Crippen MR) is 72.3 cm³/mol. The third kappa shape index (κ3) is 5.07. The molecule has 0 bridgehead atoms. The summed E-state index contributed by atoms with van der Waals surface area (Å²) in [6.45, 7) is 11.7. The molecule has 0 aromatic rings. The number of unbranched alkanes of at least 4 members (excludes halogenated alkanes) is 1. The molecule has 17 heavy (non-hydrogen) atoms. The van der Waals surface area contributed by atoms with Gasteiger partial charge in [-0.15, -0.1) is 0 Å². The second-order valence-corrected chi connectivity index (χ2v) is 5.32. The van der Waals surface area contributed by atoms with Gasteiger partial charge in [0.15, 0.2) is 0 Å². The number of hydrogen-bond acceptors (Lipinski definition) is 2. The summed E-state index contributed by atoms with van der Waals surface area (Å²) in [6.07, 6.45) is 4.79. The number of carboxylic acids is 1. The Hall–Kier alpha value is -0.570. The Morgan fingerprint density at radius 2 is 1.88 bits per heavy atom. The molecule has 0 aliphatic heterocycles. The standard InChI is InChI=1S/C14H29NO2/c1-6-9-10-12(7-2)11-15(8-3)14(4,5)13(16)17/h12H,6-11H2,1-5H3,(H,16,17). The van der Waals surface area contributed by atoms with Gasteiger partial charge in [-0.2, -0.15) is 0 Å². The highest BCUT2D eigenvalue weighted by molar-refractivity contribution is 5.77. The van der Waals surface area contributed by atoms with Gasteiger partial charge >= 0.3 is 5.97 Å². The first-order valence-electron chi connectivity index (χ1n) is 6.88. The van der Waals surface area contributed by atoms with Crippen molar-refractivity contribution in [3.63, 3.8) is 0 Å². The molecule has 1 atom stereocenters. The Bertz CT molecular complexity index is 226. The topological polar surface area (TPSA) is 40.5 Å². The van der Waals surface area contributed by atoms with Crippen LogP contribution in [-0.2, 0) is 4.79 Å². The van der Waals surface area contributed by atoms with Gasteiger partial charge in [-0.3, -0.25) is 9.69 Å². The van der Waals surface area contributed by atoms with E-state index < -0.39 is 11.5 Å². The fourth-order valence-electron chi connectivity index (χ4n) is 2.12. The van der Waals surface area contributed by atoms with Gasteiger partial charge < -0.3 is 5.11 Å². The van der Waals surface area contributed by atoms with Crippen molar-refractivity contribution < 1.29 is 9.90 Å². The first-order chi connectivity index (χ1) is 7.89. The van der Waals surface area contributed by atoms with E-state index in [0.717, 1.165) is 19.5 Å². The first-order valence-corrected chi connectivity index (χ1v) is 6.88. The molecular weight excluding hydrogens is 214 g/mol. The number of rotatable bonds is 9. The van der Waals surface area contributed by atoms with Crippen LogP contribution in [0.2, 0.25) is 0 Å². The van der Waals surface area contributed by atoms with Crippen LogP contribution >= 0.6 is 0 Å². The van der Waals surface area contributed by atoms with Gasteiger partial charge in [0.2, 0.25) is 0 Å². The summed E-state index contributed by atoms with van der Waals surface area (Å²) in [5, 5.41) is 9.26. The van der Waals surface area contributed by atoms with E-state index in [1.807, 2.05) is 6.92 Å². The second kappa shape index (κ2) is 7.70. The monoisotopic (exact) mass is 243 g/mol. The molecular formula is C14H29NO2. The molecule has 0 saturated heterocycles. The second-order valence-electron chi connectivity index (χ2n) is 5.32. The van der Waals surface area contributed by atoms with Crippen LogP contribution in [0.4, 0.5) is 0 Å². The third-order valence-electron chi connectivity index (χ3n) is 3.72. The smallest absolute Gasteiger partial charge is 0.323 e. The molecule has 0 amide bonds. The molecule has 0 rings (SSSR count). The van der Waals surface area contributed by atoms with E-state index >= 15 is 0 Å². The molecule has 0 fully saturated rings. The predicted octanol–water partition coefficient (Wildman–Crippen LogP) is 3.39. The van der Waals surface area contributed by atoms with Gasteiger partial charge in [0, 0.05) is 6.54 Å². The maximum Gasteiger partial charge on any atom is 0.323 e. The number of likely N-dealkylation sites (N-methyl/N-ethyl adjacent to an activating group) is 1. The Balaban J connectivity index is 4.51. The number of aliphatic carboxylic acids is 1. The molecule has 0 spiro atoms. The Morgan fingerprint density at radius 1 is 1.29 bits per heavy atom. The van der Waals surface area contributed by atoms with Crippen molar-refractivity contribution in [2.24, 2.45) is 5.92 Å². The molecule has 1 N–H and O–H groups in total. The summed E-state index contributed by atoms with van der Waals surface area (Å²) in [7, 11) is 0. The number of hydrogen-bond donors (Lipinski definition) is 1. The van der Waals surface area contributed by atoms with E-state index in [1.165, 1.54) is 19.3 Å². The SMILES string of the molecule is CCCCC(CC)CN(CC)C(C)(C)C(=O)O. The van der Waals surface area contributed by atoms with E-state index in [2.05, 4.69) is 18.7 Å². The molecule has 0 aliphatic carbocycles. The summed E-state index contributed by atoms with van der Waals surface area (Å²) in [5.41, 5.74) is -0.756. The van der Waals surface area contributed by atoms with E-state index in [9.17, 15) is 9.90 Å². The van der Waals surface area contributed by atoms with E-state index in [4.69, 9.17) is 0 Å². The van der Waals surface area contributed by atoms with Crippen LogP contribution in [0.1, 0.15) is 60.3 Å². The minimum Gasteiger partial charge on any atom is -0.480 e. The maximum atomic E-state index is 11.3. The van der Waals surface area contributed by atoms with Crippen LogP contribution < -0.4 is 0 Å². The molecule has 0 heterocycles. The van der Waals surface area contributed by atoms with Crippen molar-refractivity contribution in [3.8, 4) is 0 Å². The summed E-state index contributed by atoms with van der Waals surface area (Å²) in [4.78, 5) is 13.3. The molecule has 1 unspecified atom stereocenters. The number of carboxylic acid groups (broad SMARTS) is 1. The molecule has 0 aromatic carbocycles. The highest BCUT2D eigenvalue weighted by atomic mass is 16.4. The summed E-state index contributed by atoms with van der Waals surface area (Å²) in [6, 6.07) is 0. The van der Waals surface area contributed by atoms with Crippen molar-refractivity contribution in [2.75, 3.05) is 13.1 Å². The zero-order valence-corrected chi connectivity index (χ0v) is 12.1. The lowest BCUT2D eigenvalue weighted by atomic mass is 9.95. The molecule has 0 saturated carbocycles. The average molecular weight is 243 g/mol. The molecule has 0 aromatic heterocycles. The van der Waals surface area contributed by atoms with Gasteiger partial charge in [0.25, 0.3) is 0 Å². The molecule has 3 heteroatoms. The lowest BCUT2D eigenvalue weighted by Gasteiger charge is -2.36. The highest BCUT2D eigenvalue weighted by Crippen LogP contribution is 2.20. The Morgan fingerprint density at radius 3 is 2.24 bits per heavy atom. The lowest BCUT2D eigenvalue weighted by Crippen LogP contribution is -2.51. The lowest BCUT2D eigenvalue weighted by molar-refractivity contribution is -0.149. The van der Waals surface area contributed by atoms with Gasteiger partial charge in [-0.25, -0.2) is 0 Å². The van der Waals surface area contributed by atoms with Gasteiger partial charge in [0.1, 0.15) is 5.54 Å². The normalized spacial score (nSPS) is 14.0. The van der Waals surface area contributed by atoms with Crippen molar-refractivity contribution in [3.05, 3.63) is 0 Å². The van der Waals surface area contributed by atoms with E-state index in [1.54, 1.807) is 13.8 Å². The maximum absolute atomic E-state index is 11.3. The van der Waals surface area contributed by atoms with Crippen molar-refractivity contribution in [1.82, 2.24) is 4.90 Å². The van der Waals surface area contributed by atoms with Crippen LogP contribution in [0, 0.1) is 5.92 Å². The Kier molecular flexibility index (Phi) is 7.44.